The molecule has 3 nitrogen and oxygen atoms in total. The van der Waals surface area contributed by atoms with Gasteiger partial charge in [-0.1, -0.05) is 30.3 Å². The minimum Gasteiger partial charge on any atom is -0.335 e. The minimum absolute atomic E-state index is 0.0213. The van der Waals surface area contributed by atoms with Crippen molar-refractivity contribution in [1.29, 1.82) is 0 Å². The molecular formula is C16H18N2OS. The van der Waals surface area contributed by atoms with Crippen LogP contribution in [-0.4, -0.2) is 22.8 Å². The van der Waals surface area contributed by atoms with Crippen LogP contribution in [-0.2, 0) is 4.79 Å². The maximum atomic E-state index is 12.2. The predicted molar refractivity (Wildman–Crippen MR) is 83.5 cm³/mol. The number of amides is 1. The molecule has 0 fully saturated rings. The number of carbonyl (C=O) groups excluding carboxylic acids is 1. The summed E-state index contributed by atoms with van der Waals surface area (Å²) in [5.41, 5.74) is 1.96. The summed E-state index contributed by atoms with van der Waals surface area (Å²) in [7, 11) is 1.82. The summed E-state index contributed by atoms with van der Waals surface area (Å²) in [6.45, 7) is 3.97. The van der Waals surface area contributed by atoms with Crippen molar-refractivity contribution in [3.63, 3.8) is 0 Å². The van der Waals surface area contributed by atoms with Crippen molar-refractivity contribution in [3.05, 3.63) is 58.1 Å². The molecule has 20 heavy (non-hydrogen) atoms. The van der Waals surface area contributed by atoms with Gasteiger partial charge in [-0.05, 0) is 25.5 Å². The Morgan fingerprint density at radius 2 is 2.05 bits per heavy atom. The molecule has 0 aliphatic heterocycles. The van der Waals surface area contributed by atoms with Gasteiger partial charge in [0.15, 0.2) is 0 Å². The predicted octanol–water partition coefficient (Wildman–Crippen LogP) is 3.68. The van der Waals surface area contributed by atoms with Gasteiger partial charge < -0.3 is 4.90 Å². The topological polar surface area (TPSA) is 33.2 Å². The molecule has 1 aromatic heterocycles. The smallest absolute Gasteiger partial charge is 0.246 e. The van der Waals surface area contributed by atoms with Crippen LogP contribution in [0.15, 0.2) is 41.8 Å². The van der Waals surface area contributed by atoms with Gasteiger partial charge in [0.2, 0.25) is 5.91 Å². The monoisotopic (exact) mass is 286 g/mol. The molecule has 1 aromatic carbocycles. The molecule has 1 heterocycles. The Morgan fingerprint density at radius 3 is 2.65 bits per heavy atom. The van der Waals surface area contributed by atoms with E-state index in [-0.39, 0.29) is 11.9 Å². The fourth-order valence-electron chi connectivity index (χ4n) is 1.88. The summed E-state index contributed by atoms with van der Waals surface area (Å²) in [6.07, 6.45) is 3.34. The van der Waals surface area contributed by atoms with Gasteiger partial charge in [-0.15, -0.1) is 11.3 Å². The van der Waals surface area contributed by atoms with E-state index in [1.807, 2.05) is 56.6 Å². The average Bonchev–Trinajstić information content (AvgIpc) is 2.89. The number of aromatic nitrogens is 1. The number of hydrogen-bond donors (Lipinski definition) is 0. The summed E-state index contributed by atoms with van der Waals surface area (Å²) < 4.78 is 0. The quantitative estimate of drug-likeness (QED) is 0.803. The fraction of sp³-hybridized carbons (Fsp3) is 0.250. The van der Waals surface area contributed by atoms with Crippen LogP contribution in [0.1, 0.15) is 29.2 Å². The van der Waals surface area contributed by atoms with E-state index >= 15 is 0 Å². The van der Waals surface area contributed by atoms with Crippen LogP contribution in [0.25, 0.3) is 6.08 Å². The zero-order valence-electron chi connectivity index (χ0n) is 11.9. The second-order valence-corrected chi connectivity index (χ2v) is 5.72. The Labute approximate surface area is 123 Å². The summed E-state index contributed by atoms with van der Waals surface area (Å²) in [5, 5.41) is 2.95. The minimum atomic E-state index is -0.0213. The van der Waals surface area contributed by atoms with Crippen molar-refractivity contribution in [3.8, 4) is 0 Å². The van der Waals surface area contributed by atoms with Crippen LogP contribution in [0, 0.1) is 6.92 Å². The Morgan fingerprint density at radius 1 is 1.35 bits per heavy atom. The van der Waals surface area contributed by atoms with Gasteiger partial charge in [0.25, 0.3) is 0 Å². The molecule has 0 aliphatic rings. The van der Waals surface area contributed by atoms with E-state index in [0.717, 1.165) is 16.3 Å². The Balaban J connectivity index is 2.03. The molecule has 104 valence electrons. The van der Waals surface area contributed by atoms with Gasteiger partial charge in [0.1, 0.15) is 0 Å². The molecule has 2 aromatic rings. The lowest BCUT2D eigenvalue weighted by molar-refractivity contribution is -0.126. The number of hydrogen-bond acceptors (Lipinski definition) is 3. The van der Waals surface area contributed by atoms with Gasteiger partial charge in [0.05, 0.1) is 16.7 Å². The lowest BCUT2D eigenvalue weighted by Crippen LogP contribution is -2.27. The molecule has 0 N–H and O–H groups in total. The van der Waals surface area contributed by atoms with Crippen molar-refractivity contribution in [2.45, 2.75) is 19.9 Å². The zero-order valence-corrected chi connectivity index (χ0v) is 12.7. The van der Waals surface area contributed by atoms with Gasteiger partial charge >= 0.3 is 0 Å². The first-order valence-corrected chi connectivity index (χ1v) is 7.38. The van der Waals surface area contributed by atoms with E-state index in [1.165, 1.54) is 0 Å². The Kier molecular flexibility index (Phi) is 4.69. The molecule has 0 aliphatic carbocycles. The zero-order chi connectivity index (χ0) is 14.5. The average molecular weight is 286 g/mol. The molecular weight excluding hydrogens is 268 g/mol. The van der Waals surface area contributed by atoms with Gasteiger partial charge in [0, 0.05) is 18.5 Å². The van der Waals surface area contributed by atoms with Crippen LogP contribution in [0.4, 0.5) is 0 Å². The largest absolute Gasteiger partial charge is 0.335 e. The second kappa shape index (κ2) is 6.48. The highest BCUT2D eigenvalue weighted by Crippen LogP contribution is 2.18. The molecule has 0 radical (unpaired) electrons. The highest BCUT2D eigenvalue weighted by atomic mass is 32.1. The third kappa shape index (κ3) is 3.54. The Hall–Kier alpha value is -1.94. The van der Waals surface area contributed by atoms with Gasteiger partial charge in [-0.2, -0.15) is 0 Å². The van der Waals surface area contributed by atoms with Crippen molar-refractivity contribution in [1.82, 2.24) is 9.88 Å². The van der Waals surface area contributed by atoms with E-state index < -0.39 is 0 Å². The number of carbonyl (C=O) groups is 1. The highest BCUT2D eigenvalue weighted by Gasteiger charge is 2.14. The Bertz CT molecular complexity index is 604. The first kappa shape index (κ1) is 14.5. The molecule has 1 amide bonds. The number of rotatable bonds is 4. The molecule has 0 saturated heterocycles. The van der Waals surface area contributed by atoms with Crippen LogP contribution < -0.4 is 0 Å². The van der Waals surface area contributed by atoms with E-state index in [4.69, 9.17) is 0 Å². The molecule has 1 unspecified atom stereocenters. The van der Waals surface area contributed by atoms with E-state index in [9.17, 15) is 4.79 Å². The van der Waals surface area contributed by atoms with Crippen molar-refractivity contribution >= 4 is 23.3 Å². The van der Waals surface area contributed by atoms with Crippen LogP contribution >= 0.6 is 11.3 Å². The third-order valence-electron chi connectivity index (χ3n) is 3.24. The molecule has 0 spiro atoms. The van der Waals surface area contributed by atoms with Gasteiger partial charge in [-0.25, -0.2) is 4.98 Å². The highest BCUT2D eigenvalue weighted by molar-refractivity contribution is 7.09. The SMILES string of the molecule is Cc1nc(C=CC(=O)N(C)C(C)c2ccccc2)cs1. The lowest BCUT2D eigenvalue weighted by Gasteiger charge is -2.24. The second-order valence-electron chi connectivity index (χ2n) is 4.66. The molecule has 2 rings (SSSR count). The lowest BCUT2D eigenvalue weighted by atomic mass is 10.1. The van der Waals surface area contributed by atoms with Crippen molar-refractivity contribution in [2.75, 3.05) is 7.05 Å². The maximum absolute atomic E-state index is 12.2. The molecule has 4 heteroatoms. The number of nitrogens with zero attached hydrogens (tertiary/aromatic N) is 2. The first-order chi connectivity index (χ1) is 9.58. The number of likely N-dealkylation sites (N-methyl/N-ethyl adjacent to an activating group) is 1. The third-order valence-corrected chi connectivity index (χ3v) is 4.04. The standard InChI is InChI=1S/C16H18N2OS/c1-12(14-7-5-4-6-8-14)18(3)16(19)10-9-15-11-20-13(2)17-15/h4-12H,1-3H3. The van der Waals surface area contributed by atoms with E-state index in [2.05, 4.69) is 4.98 Å². The summed E-state index contributed by atoms with van der Waals surface area (Å²) in [4.78, 5) is 18.2. The normalized spacial score (nSPS) is 12.6. The van der Waals surface area contributed by atoms with Crippen LogP contribution in [0.3, 0.4) is 0 Å². The maximum Gasteiger partial charge on any atom is 0.246 e. The number of thiazole rings is 1. The van der Waals surface area contributed by atoms with Crippen molar-refractivity contribution < 1.29 is 4.79 Å². The molecule has 0 bridgehead atoms. The van der Waals surface area contributed by atoms with E-state index in [0.29, 0.717) is 0 Å². The summed E-state index contributed by atoms with van der Waals surface area (Å²) in [6, 6.07) is 10.0. The molecule has 1 atom stereocenters. The number of aryl methyl sites for hydroxylation is 1. The van der Waals surface area contributed by atoms with E-state index in [1.54, 1.807) is 28.4 Å². The van der Waals surface area contributed by atoms with Crippen LogP contribution in [0.2, 0.25) is 0 Å². The van der Waals surface area contributed by atoms with Crippen LogP contribution in [0.5, 0.6) is 0 Å². The number of benzene rings is 1. The first-order valence-electron chi connectivity index (χ1n) is 6.50. The molecule has 0 saturated carbocycles. The van der Waals surface area contributed by atoms with Crippen molar-refractivity contribution in [2.24, 2.45) is 0 Å². The van der Waals surface area contributed by atoms with Gasteiger partial charge in [-0.3, -0.25) is 4.79 Å². The summed E-state index contributed by atoms with van der Waals surface area (Å²) in [5.74, 6) is -0.0213. The fourth-order valence-corrected chi connectivity index (χ4v) is 2.46. The summed E-state index contributed by atoms with van der Waals surface area (Å²) >= 11 is 1.58.